The first-order valence-electron chi connectivity index (χ1n) is 9.11. The van der Waals surface area contributed by atoms with Gasteiger partial charge in [0.15, 0.2) is 0 Å². The predicted octanol–water partition coefficient (Wildman–Crippen LogP) is 4.26. The maximum absolute atomic E-state index is 2.80. The maximum Gasteiger partial charge on any atom is 0.0120 e. The fraction of sp³-hybridized carbons (Fsp3) is 1.00. The van der Waals surface area contributed by atoms with E-state index >= 15 is 0 Å². The third kappa shape index (κ3) is 5.25. The van der Waals surface area contributed by atoms with E-state index in [0.29, 0.717) is 10.8 Å². The van der Waals surface area contributed by atoms with Crippen LogP contribution in [0.2, 0.25) is 0 Å². The molecule has 2 heteroatoms. The second kappa shape index (κ2) is 6.58. The first-order valence-corrected chi connectivity index (χ1v) is 9.11. The van der Waals surface area contributed by atoms with Crippen LogP contribution in [0.15, 0.2) is 0 Å². The Morgan fingerprint density at radius 3 is 1.71 bits per heavy atom. The standard InChI is InChI=1S/C19H38N2/c1-18(2,3)15-20-11-9-17(10-12-20)21-13-7-16(8-14-21)19(4,5)6/h16-17H,7-15H2,1-6H3. The van der Waals surface area contributed by atoms with Crippen molar-refractivity contribution in [1.82, 2.24) is 9.80 Å². The number of piperidine rings is 2. The number of likely N-dealkylation sites (tertiary alicyclic amines) is 2. The molecule has 21 heavy (non-hydrogen) atoms. The van der Waals surface area contributed by atoms with E-state index < -0.39 is 0 Å². The molecule has 0 aromatic rings. The average Bonchev–Trinajstić information content (AvgIpc) is 2.37. The van der Waals surface area contributed by atoms with Gasteiger partial charge in [-0.05, 0) is 68.6 Å². The van der Waals surface area contributed by atoms with Crippen molar-refractivity contribution in [3.8, 4) is 0 Å². The highest BCUT2D eigenvalue weighted by Gasteiger charge is 2.32. The third-order valence-electron chi connectivity index (χ3n) is 5.53. The molecule has 124 valence electrons. The van der Waals surface area contributed by atoms with Crippen molar-refractivity contribution in [2.75, 3.05) is 32.7 Å². The lowest BCUT2D eigenvalue weighted by atomic mass is 9.75. The highest BCUT2D eigenvalue weighted by atomic mass is 15.2. The van der Waals surface area contributed by atoms with Crippen molar-refractivity contribution in [1.29, 1.82) is 0 Å². The normalized spacial score (nSPS) is 25.4. The molecule has 0 bridgehead atoms. The van der Waals surface area contributed by atoms with Gasteiger partial charge < -0.3 is 9.80 Å². The average molecular weight is 295 g/mol. The largest absolute Gasteiger partial charge is 0.303 e. The molecule has 0 saturated carbocycles. The van der Waals surface area contributed by atoms with E-state index in [1.165, 1.54) is 58.4 Å². The summed E-state index contributed by atoms with van der Waals surface area (Å²) >= 11 is 0. The smallest absolute Gasteiger partial charge is 0.0120 e. The SMILES string of the molecule is CC(C)(C)CN1CCC(N2CCC(C(C)(C)C)CC2)CC1. The van der Waals surface area contributed by atoms with Gasteiger partial charge in [0, 0.05) is 12.6 Å². The lowest BCUT2D eigenvalue weighted by molar-refractivity contribution is 0.0452. The van der Waals surface area contributed by atoms with Crippen LogP contribution in [-0.2, 0) is 0 Å². The molecule has 0 amide bonds. The van der Waals surface area contributed by atoms with E-state index in [9.17, 15) is 0 Å². The Labute approximate surface area is 133 Å². The van der Waals surface area contributed by atoms with Gasteiger partial charge in [0.2, 0.25) is 0 Å². The Morgan fingerprint density at radius 1 is 0.762 bits per heavy atom. The Morgan fingerprint density at radius 2 is 1.29 bits per heavy atom. The Hall–Kier alpha value is -0.0800. The molecule has 2 fully saturated rings. The van der Waals surface area contributed by atoms with Gasteiger partial charge in [0.05, 0.1) is 0 Å². The highest BCUT2D eigenvalue weighted by Crippen LogP contribution is 2.35. The van der Waals surface area contributed by atoms with Gasteiger partial charge >= 0.3 is 0 Å². The third-order valence-corrected chi connectivity index (χ3v) is 5.53. The Balaban J connectivity index is 1.74. The molecule has 0 aromatic heterocycles. The number of rotatable bonds is 2. The van der Waals surface area contributed by atoms with Crippen molar-refractivity contribution >= 4 is 0 Å². The van der Waals surface area contributed by atoms with Crippen LogP contribution >= 0.6 is 0 Å². The quantitative estimate of drug-likeness (QED) is 0.751. The van der Waals surface area contributed by atoms with Crippen LogP contribution in [0.3, 0.4) is 0 Å². The van der Waals surface area contributed by atoms with Crippen LogP contribution < -0.4 is 0 Å². The van der Waals surface area contributed by atoms with Crippen LogP contribution in [-0.4, -0.2) is 48.6 Å². The Bertz CT molecular complexity index is 307. The van der Waals surface area contributed by atoms with Crippen LogP contribution in [0, 0.1) is 16.7 Å². The van der Waals surface area contributed by atoms with E-state index in [4.69, 9.17) is 0 Å². The molecule has 0 radical (unpaired) electrons. The first kappa shape index (κ1) is 17.3. The predicted molar refractivity (Wildman–Crippen MR) is 92.7 cm³/mol. The van der Waals surface area contributed by atoms with Gasteiger partial charge in [0.25, 0.3) is 0 Å². The highest BCUT2D eigenvalue weighted by molar-refractivity contribution is 4.87. The lowest BCUT2D eigenvalue weighted by Gasteiger charge is -2.45. The van der Waals surface area contributed by atoms with Crippen molar-refractivity contribution < 1.29 is 0 Å². The van der Waals surface area contributed by atoms with Crippen LogP contribution in [0.25, 0.3) is 0 Å². The van der Waals surface area contributed by atoms with Crippen LogP contribution in [0.4, 0.5) is 0 Å². The zero-order valence-electron chi connectivity index (χ0n) is 15.4. The molecule has 2 heterocycles. The topological polar surface area (TPSA) is 6.48 Å². The van der Waals surface area contributed by atoms with Crippen molar-refractivity contribution in [3.05, 3.63) is 0 Å². The fourth-order valence-corrected chi connectivity index (χ4v) is 4.24. The fourth-order valence-electron chi connectivity index (χ4n) is 4.24. The monoisotopic (exact) mass is 294 g/mol. The van der Waals surface area contributed by atoms with Gasteiger partial charge in [0.1, 0.15) is 0 Å². The minimum Gasteiger partial charge on any atom is -0.303 e. The van der Waals surface area contributed by atoms with Crippen molar-refractivity contribution in [2.24, 2.45) is 16.7 Å². The summed E-state index contributed by atoms with van der Waals surface area (Å²) in [5.41, 5.74) is 0.944. The zero-order valence-corrected chi connectivity index (χ0v) is 15.4. The van der Waals surface area contributed by atoms with Gasteiger partial charge in [-0.2, -0.15) is 0 Å². The molecule has 2 saturated heterocycles. The lowest BCUT2D eigenvalue weighted by Crippen LogP contribution is -2.49. The van der Waals surface area contributed by atoms with Gasteiger partial charge in [-0.3, -0.25) is 0 Å². The summed E-state index contributed by atoms with van der Waals surface area (Å²) in [7, 11) is 0. The molecule has 2 nitrogen and oxygen atoms in total. The molecule has 0 N–H and O–H groups in total. The van der Waals surface area contributed by atoms with Gasteiger partial charge in [-0.1, -0.05) is 41.5 Å². The summed E-state index contributed by atoms with van der Waals surface area (Å²) in [6, 6.07) is 0.863. The molecule has 0 aromatic carbocycles. The van der Waals surface area contributed by atoms with Crippen LogP contribution in [0.5, 0.6) is 0 Å². The van der Waals surface area contributed by atoms with Crippen molar-refractivity contribution in [2.45, 2.75) is 73.3 Å². The number of hydrogen-bond donors (Lipinski definition) is 0. The second-order valence-electron chi connectivity index (χ2n) is 9.74. The summed E-state index contributed by atoms with van der Waals surface area (Å²) in [6.45, 7) is 20.9. The second-order valence-corrected chi connectivity index (χ2v) is 9.74. The number of hydrogen-bond acceptors (Lipinski definition) is 2. The molecule has 0 spiro atoms. The minimum absolute atomic E-state index is 0.442. The molecule has 2 aliphatic heterocycles. The summed E-state index contributed by atoms with van der Waals surface area (Å²) in [5, 5.41) is 0. The Kier molecular flexibility index (Phi) is 5.41. The van der Waals surface area contributed by atoms with Gasteiger partial charge in [-0.15, -0.1) is 0 Å². The van der Waals surface area contributed by atoms with E-state index in [1.54, 1.807) is 0 Å². The zero-order chi connectivity index (χ0) is 15.7. The van der Waals surface area contributed by atoms with Gasteiger partial charge in [-0.25, -0.2) is 0 Å². The summed E-state index contributed by atoms with van der Waals surface area (Å²) in [6.07, 6.45) is 5.59. The van der Waals surface area contributed by atoms with Crippen molar-refractivity contribution in [3.63, 3.8) is 0 Å². The molecular weight excluding hydrogens is 256 g/mol. The van der Waals surface area contributed by atoms with Crippen LogP contribution in [0.1, 0.15) is 67.2 Å². The van der Waals surface area contributed by atoms with E-state index in [-0.39, 0.29) is 0 Å². The molecule has 2 rings (SSSR count). The van der Waals surface area contributed by atoms with E-state index in [1.807, 2.05) is 0 Å². The summed E-state index contributed by atoms with van der Waals surface area (Å²) < 4.78 is 0. The minimum atomic E-state index is 0.442. The maximum atomic E-state index is 2.80. The molecule has 0 unspecified atom stereocenters. The summed E-state index contributed by atoms with van der Waals surface area (Å²) in [5.74, 6) is 0.926. The summed E-state index contributed by atoms with van der Waals surface area (Å²) in [4.78, 5) is 5.48. The number of nitrogens with zero attached hydrogens (tertiary/aromatic N) is 2. The molecular formula is C19H38N2. The van der Waals surface area contributed by atoms with E-state index in [2.05, 4.69) is 51.3 Å². The first-order chi connectivity index (χ1) is 9.65. The molecule has 2 aliphatic rings. The molecule has 0 atom stereocenters. The molecule has 0 aliphatic carbocycles. The van der Waals surface area contributed by atoms with E-state index in [0.717, 1.165) is 12.0 Å².